The van der Waals surface area contributed by atoms with Gasteiger partial charge in [0.1, 0.15) is 11.1 Å². The Hall–Kier alpha value is -3.03. The maximum absolute atomic E-state index is 13.2. The van der Waals surface area contributed by atoms with Gasteiger partial charge in [-0.2, -0.15) is 5.26 Å². The molecule has 190 valence electrons. The quantitative estimate of drug-likeness (QED) is 0.406. The van der Waals surface area contributed by atoms with Crippen molar-refractivity contribution in [2.45, 2.75) is 23.9 Å². The summed E-state index contributed by atoms with van der Waals surface area (Å²) in [4.78, 5) is 28.2. The zero-order valence-electron chi connectivity index (χ0n) is 20.4. The Morgan fingerprint density at radius 3 is 2.57 bits per heavy atom. The molecule has 0 saturated carbocycles. The standard InChI is InChI=1S/C26H25Cl2N7OS/c1-33(2)18-8-10-34(11-9-18)22-7-6-17(12-16(22)13-29)31-26-30-14-19-24(32-26)37-15-35(25(19)36)23-20(27)4-3-5-21(23)28/h3-7,12,14,18H,8-11,15H2,1-2H3,(H,30,31,32). The van der Waals surface area contributed by atoms with Crippen LogP contribution in [0, 0.1) is 11.3 Å². The maximum Gasteiger partial charge on any atom is 0.263 e. The molecular formula is C26H25Cl2N7OS. The molecule has 0 atom stereocenters. The molecular weight excluding hydrogens is 529 g/mol. The summed E-state index contributed by atoms with van der Waals surface area (Å²) in [6.07, 6.45) is 3.64. The number of benzene rings is 2. The third-order valence-corrected chi connectivity index (χ3v) is 8.26. The van der Waals surface area contributed by atoms with Gasteiger partial charge in [0.25, 0.3) is 5.91 Å². The number of nitrogens with zero attached hydrogens (tertiary/aromatic N) is 6. The lowest BCUT2D eigenvalue weighted by Gasteiger charge is -2.36. The number of nitriles is 1. The van der Waals surface area contributed by atoms with E-state index in [1.807, 2.05) is 18.2 Å². The Kier molecular flexibility index (Phi) is 7.45. The van der Waals surface area contributed by atoms with Gasteiger partial charge in [-0.15, -0.1) is 0 Å². The number of piperidine rings is 1. The molecule has 0 bridgehead atoms. The summed E-state index contributed by atoms with van der Waals surface area (Å²) in [6.45, 7) is 1.83. The Balaban J connectivity index is 1.32. The number of nitrogens with one attached hydrogen (secondary N) is 1. The van der Waals surface area contributed by atoms with Gasteiger partial charge in [0.05, 0.1) is 38.4 Å². The van der Waals surface area contributed by atoms with Crippen molar-refractivity contribution in [3.8, 4) is 6.07 Å². The monoisotopic (exact) mass is 553 g/mol. The number of carbonyl (C=O) groups is 1. The van der Waals surface area contributed by atoms with Gasteiger partial charge in [-0.3, -0.25) is 9.69 Å². The highest BCUT2D eigenvalue weighted by Gasteiger charge is 2.30. The first kappa shape index (κ1) is 25.6. The van der Waals surface area contributed by atoms with Gasteiger partial charge in [0.2, 0.25) is 5.95 Å². The van der Waals surface area contributed by atoms with Crippen LogP contribution in [-0.2, 0) is 0 Å². The number of carbonyl (C=O) groups excluding carboxylic acids is 1. The van der Waals surface area contributed by atoms with Gasteiger partial charge in [0, 0.05) is 31.0 Å². The highest BCUT2D eigenvalue weighted by molar-refractivity contribution is 7.99. The van der Waals surface area contributed by atoms with Gasteiger partial charge in [-0.25, -0.2) is 9.97 Å². The van der Waals surface area contributed by atoms with Crippen molar-refractivity contribution in [3.63, 3.8) is 0 Å². The number of hydrogen-bond acceptors (Lipinski definition) is 8. The van der Waals surface area contributed by atoms with Gasteiger partial charge in [-0.05, 0) is 57.3 Å². The number of thioether (sulfide) groups is 1. The summed E-state index contributed by atoms with van der Waals surface area (Å²) in [6, 6.07) is 13.8. The molecule has 37 heavy (non-hydrogen) atoms. The van der Waals surface area contributed by atoms with Crippen LogP contribution in [0.1, 0.15) is 28.8 Å². The van der Waals surface area contributed by atoms with Crippen LogP contribution in [-0.4, -0.2) is 59.9 Å². The summed E-state index contributed by atoms with van der Waals surface area (Å²) in [5.74, 6) is 0.417. The summed E-state index contributed by atoms with van der Waals surface area (Å²) < 4.78 is 0. The number of amides is 1. The van der Waals surface area contributed by atoms with Crippen molar-refractivity contribution >= 4 is 63.9 Å². The molecule has 1 saturated heterocycles. The summed E-state index contributed by atoms with van der Waals surface area (Å²) in [7, 11) is 4.23. The van der Waals surface area contributed by atoms with Crippen molar-refractivity contribution in [2.24, 2.45) is 0 Å². The number of rotatable bonds is 5. The van der Waals surface area contributed by atoms with E-state index in [1.54, 1.807) is 18.2 Å². The molecule has 0 aliphatic carbocycles. The molecule has 0 spiro atoms. The Morgan fingerprint density at radius 1 is 1.16 bits per heavy atom. The molecule has 0 unspecified atom stereocenters. The van der Waals surface area contributed by atoms with Crippen LogP contribution in [0.15, 0.2) is 47.6 Å². The van der Waals surface area contributed by atoms with Gasteiger partial charge < -0.3 is 15.1 Å². The second-order valence-corrected chi connectivity index (χ2v) is 10.9. The van der Waals surface area contributed by atoms with Crippen LogP contribution in [0.4, 0.5) is 23.0 Å². The highest BCUT2D eigenvalue weighted by atomic mass is 35.5. The topological polar surface area (TPSA) is 88.4 Å². The average molecular weight is 555 g/mol. The smallest absolute Gasteiger partial charge is 0.263 e. The van der Waals surface area contributed by atoms with Crippen LogP contribution in [0.25, 0.3) is 0 Å². The van der Waals surface area contributed by atoms with Crippen LogP contribution < -0.4 is 15.1 Å². The normalized spacial score (nSPS) is 16.1. The fourth-order valence-corrected chi connectivity index (χ4v) is 6.20. The van der Waals surface area contributed by atoms with Crippen LogP contribution in [0.2, 0.25) is 10.0 Å². The third-order valence-electron chi connectivity index (χ3n) is 6.68. The summed E-state index contributed by atoms with van der Waals surface area (Å²) >= 11 is 14.0. The zero-order valence-corrected chi connectivity index (χ0v) is 22.7. The molecule has 1 N–H and O–H groups in total. The zero-order chi connectivity index (χ0) is 26.1. The third kappa shape index (κ3) is 5.20. The number of anilines is 4. The van der Waals surface area contributed by atoms with Crippen LogP contribution in [0.5, 0.6) is 0 Å². The Labute approximate surface area is 230 Å². The minimum atomic E-state index is -0.260. The molecule has 2 aliphatic rings. The fourth-order valence-electron chi connectivity index (χ4n) is 4.66. The molecule has 3 aromatic rings. The van der Waals surface area contributed by atoms with Crippen molar-refractivity contribution < 1.29 is 4.79 Å². The first-order chi connectivity index (χ1) is 17.9. The number of aromatic nitrogens is 2. The molecule has 1 amide bonds. The second-order valence-electron chi connectivity index (χ2n) is 9.14. The van der Waals surface area contributed by atoms with E-state index in [4.69, 9.17) is 23.2 Å². The predicted octanol–water partition coefficient (Wildman–Crippen LogP) is 5.64. The second kappa shape index (κ2) is 10.8. The number of para-hydroxylation sites is 1. The first-order valence-electron chi connectivity index (χ1n) is 11.8. The Bertz CT molecular complexity index is 1370. The van der Waals surface area contributed by atoms with Gasteiger partial charge in [0.15, 0.2) is 0 Å². The summed E-state index contributed by atoms with van der Waals surface area (Å²) in [5, 5.41) is 14.4. The minimum absolute atomic E-state index is 0.260. The van der Waals surface area contributed by atoms with E-state index in [1.165, 1.54) is 22.9 Å². The number of halogens is 2. The van der Waals surface area contributed by atoms with Crippen molar-refractivity contribution in [2.75, 3.05) is 48.2 Å². The van der Waals surface area contributed by atoms with Gasteiger partial charge in [-0.1, -0.05) is 41.0 Å². The number of hydrogen-bond donors (Lipinski definition) is 1. The predicted molar refractivity (Wildman–Crippen MR) is 149 cm³/mol. The first-order valence-corrected chi connectivity index (χ1v) is 13.6. The van der Waals surface area contributed by atoms with Gasteiger partial charge >= 0.3 is 0 Å². The van der Waals surface area contributed by atoms with Crippen LogP contribution in [0.3, 0.4) is 0 Å². The molecule has 1 aromatic heterocycles. The molecule has 0 radical (unpaired) electrons. The lowest BCUT2D eigenvalue weighted by Crippen LogP contribution is -2.42. The van der Waals surface area contributed by atoms with E-state index >= 15 is 0 Å². The fraction of sp³-hybridized carbons (Fsp3) is 0.308. The molecule has 1 fully saturated rings. The molecule has 8 nitrogen and oxygen atoms in total. The van der Waals surface area contributed by atoms with E-state index in [-0.39, 0.29) is 5.91 Å². The average Bonchev–Trinajstić information content (AvgIpc) is 2.90. The highest BCUT2D eigenvalue weighted by Crippen LogP contribution is 2.39. The lowest BCUT2D eigenvalue weighted by molar-refractivity contribution is 0.0985. The molecule has 2 aliphatic heterocycles. The molecule has 11 heteroatoms. The lowest BCUT2D eigenvalue weighted by atomic mass is 10.0. The van der Waals surface area contributed by atoms with E-state index in [0.717, 1.165) is 31.6 Å². The minimum Gasteiger partial charge on any atom is -0.370 e. The van der Waals surface area contributed by atoms with E-state index < -0.39 is 0 Å². The van der Waals surface area contributed by atoms with Crippen molar-refractivity contribution in [1.82, 2.24) is 14.9 Å². The molecule has 2 aromatic carbocycles. The largest absolute Gasteiger partial charge is 0.370 e. The molecule has 3 heterocycles. The van der Waals surface area contributed by atoms with Crippen molar-refractivity contribution in [3.05, 3.63) is 63.8 Å². The SMILES string of the molecule is CN(C)C1CCN(c2ccc(Nc3ncc4c(n3)SCN(c3c(Cl)cccc3Cl)C4=O)cc2C#N)CC1. The summed E-state index contributed by atoms with van der Waals surface area (Å²) in [5.41, 5.74) is 3.11. The molecule has 5 rings (SSSR count). The van der Waals surface area contributed by atoms with Crippen molar-refractivity contribution in [1.29, 1.82) is 5.26 Å². The number of fused-ring (bicyclic) bond motifs is 1. The van der Waals surface area contributed by atoms with Crippen LogP contribution >= 0.6 is 35.0 Å². The van der Waals surface area contributed by atoms with E-state index in [9.17, 15) is 10.1 Å². The maximum atomic E-state index is 13.2. The Morgan fingerprint density at radius 2 is 1.89 bits per heavy atom. The van der Waals surface area contributed by atoms with E-state index in [0.29, 0.717) is 55.4 Å². The van der Waals surface area contributed by atoms with E-state index in [2.05, 4.69) is 45.2 Å².